The maximum Gasteiger partial charge on any atom is 0.0653 e. The maximum atomic E-state index is 5.96. The van der Waals surface area contributed by atoms with E-state index >= 15 is 0 Å². The van der Waals surface area contributed by atoms with Crippen LogP contribution in [0.5, 0.6) is 0 Å². The van der Waals surface area contributed by atoms with Gasteiger partial charge in [0.2, 0.25) is 0 Å². The molecule has 0 radical (unpaired) electrons. The second-order valence-electron chi connectivity index (χ2n) is 3.22. The molecule has 0 fully saturated rings. The van der Waals surface area contributed by atoms with E-state index in [1.807, 2.05) is 6.07 Å². The first-order valence-corrected chi connectivity index (χ1v) is 6.96. The minimum absolute atomic E-state index is 0.528. The zero-order chi connectivity index (χ0) is 12.4. The highest BCUT2D eigenvalue weighted by Gasteiger charge is 2.08. The maximum absolute atomic E-state index is 5.96. The number of nitrogen functional groups attached to an aromatic ring is 1. The molecule has 0 aliphatic carbocycles. The first-order chi connectivity index (χ1) is 8.08. The van der Waals surface area contributed by atoms with E-state index in [0.717, 1.165) is 14.3 Å². The molecule has 0 amide bonds. The summed E-state index contributed by atoms with van der Waals surface area (Å²) in [4.78, 5) is 5.87. The summed E-state index contributed by atoms with van der Waals surface area (Å²) in [7, 11) is 0. The van der Waals surface area contributed by atoms with E-state index in [-0.39, 0.29) is 0 Å². The number of pyridine rings is 1. The van der Waals surface area contributed by atoms with E-state index in [1.165, 1.54) is 11.8 Å². The van der Waals surface area contributed by atoms with Crippen molar-refractivity contribution in [1.82, 2.24) is 4.98 Å². The molecule has 2 N–H and O–H groups in total. The lowest BCUT2D eigenvalue weighted by molar-refractivity contribution is 1.24. The Morgan fingerprint density at radius 1 is 1.18 bits per heavy atom. The van der Waals surface area contributed by atoms with Gasteiger partial charge in [-0.25, -0.2) is 0 Å². The molecule has 0 aliphatic rings. The summed E-state index contributed by atoms with van der Waals surface area (Å²) in [6, 6.07) is 5.46. The summed E-state index contributed by atoms with van der Waals surface area (Å²) in [6.45, 7) is 0. The highest BCUT2D eigenvalue weighted by Crippen LogP contribution is 2.38. The van der Waals surface area contributed by atoms with Gasteiger partial charge in [-0.15, -0.1) is 0 Å². The van der Waals surface area contributed by atoms with E-state index in [0.29, 0.717) is 15.7 Å². The Morgan fingerprint density at radius 2 is 1.94 bits per heavy atom. The molecule has 1 aromatic heterocycles. The van der Waals surface area contributed by atoms with Crippen LogP contribution in [0, 0.1) is 0 Å². The standard InChI is InChI=1S/C11H7BrCl2N2S/c12-7-4-16-5-10(15)11(7)17-6-1-2-8(13)9(14)3-6/h1-5H,15H2. The van der Waals surface area contributed by atoms with Crippen LogP contribution in [-0.2, 0) is 0 Å². The first kappa shape index (κ1) is 13.0. The Hall–Kier alpha value is -0.420. The van der Waals surface area contributed by atoms with Crippen molar-refractivity contribution in [3.05, 3.63) is 45.1 Å². The fourth-order valence-electron chi connectivity index (χ4n) is 1.20. The number of hydrogen-bond donors (Lipinski definition) is 1. The molecule has 2 nitrogen and oxygen atoms in total. The Morgan fingerprint density at radius 3 is 2.59 bits per heavy atom. The van der Waals surface area contributed by atoms with Crippen LogP contribution < -0.4 is 5.73 Å². The predicted octanol–water partition coefficient (Wildman–Crippen LogP) is 4.88. The van der Waals surface area contributed by atoms with Crippen molar-refractivity contribution in [2.24, 2.45) is 0 Å². The highest BCUT2D eigenvalue weighted by molar-refractivity contribution is 9.10. The fraction of sp³-hybridized carbons (Fsp3) is 0. The lowest BCUT2D eigenvalue weighted by Crippen LogP contribution is -1.90. The quantitative estimate of drug-likeness (QED) is 0.839. The average Bonchev–Trinajstić information content (AvgIpc) is 2.28. The smallest absolute Gasteiger partial charge is 0.0653 e. The minimum atomic E-state index is 0.528. The molecule has 0 bridgehead atoms. The van der Waals surface area contributed by atoms with Crippen LogP contribution in [0.4, 0.5) is 5.69 Å². The highest BCUT2D eigenvalue weighted by atomic mass is 79.9. The largest absolute Gasteiger partial charge is 0.397 e. The van der Waals surface area contributed by atoms with Crippen molar-refractivity contribution >= 4 is 56.6 Å². The van der Waals surface area contributed by atoms with Gasteiger partial charge in [-0.2, -0.15) is 0 Å². The molecular weight excluding hydrogens is 343 g/mol. The Bertz CT molecular complexity index is 543. The molecular formula is C11H7BrCl2N2S. The Balaban J connectivity index is 2.35. The van der Waals surface area contributed by atoms with Crippen LogP contribution in [-0.4, -0.2) is 4.98 Å². The van der Waals surface area contributed by atoms with Gasteiger partial charge in [-0.1, -0.05) is 35.0 Å². The van der Waals surface area contributed by atoms with Crippen LogP contribution in [0.2, 0.25) is 10.0 Å². The van der Waals surface area contributed by atoms with Gasteiger partial charge in [-0.3, -0.25) is 4.98 Å². The molecule has 0 spiro atoms. The number of benzene rings is 1. The van der Waals surface area contributed by atoms with Gasteiger partial charge in [0.25, 0.3) is 0 Å². The molecule has 1 heterocycles. The molecule has 0 unspecified atom stereocenters. The molecule has 17 heavy (non-hydrogen) atoms. The average molecular weight is 350 g/mol. The number of rotatable bonds is 2. The van der Waals surface area contributed by atoms with E-state index in [9.17, 15) is 0 Å². The summed E-state index contributed by atoms with van der Waals surface area (Å²) in [6.07, 6.45) is 3.32. The van der Waals surface area contributed by atoms with Crippen molar-refractivity contribution in [2.45, 2.75) is 9.79 Å². The molecule has 0 saturated carbocycles. The fourth-order valence-corrected chi connectivity index (χ4v) is 3.03. The second-order valence-corrected chi connectivity index (χ2v) is 5.97. The molecule has 0 atom stereocenters. The van der Waals surface area contributed by atoms with E-state index in [2.05, 4.69) is 20.9 Å². The van der Waals surface area contributed by atoms with Crippen LogP contribution in [0.1, 0.15) is 0 Å². The topological polar surface area (TPSA) is 38.9 Å². The lowest BCUT2D eigenvalue weighted by Gasteiger charge is -2.07. The third-order valence-corrected chi connectivity index (χ3v) is 4.74. The number of anilines is 1. The van der Waals surface area contributed by atoms with Crippen LogP contribution >= 0.6 is 50.9 Å². The first-order valence-electron chi connectivity index (χ1n) is 4.60. The van der Waals surface area contributed by atoms with Gasteiger partial charge in [0, 0.05) is 11.1 Å². The van der Waals surface area contributed by atoms with Crippen LogP contribution in [0.3, 0.4) is 0 Å². The molecule has 2 aromatic rings. The van der Waals surface area contributed by atoms with Gasteiger partial charge >= 0.3 is 0 Å². The van der Waals surface area contributed by atoms with Crippen molar-refractivity contribution in [3.63, 3.8) is 0 Å². The molecule has 1 aromatic carbocycles. The molecule has 0 saturated heterocycles. The Kier molecular flexibility index (Phi) is 4.20. The summed E-state index contributed by atoms with van der Waals surface area (Å²) < 4.78 is 0.855. The van der Waals surface area contributed by atoms with Crippen molar-refractivity contribution in [2.75, 3.05) is 5.73 Å². The molecule has 0 aliphatic heterocycles. The summed E-state index contributed by atoms with van der Waals surface area (Å²) in [5, 5.41) is 1.07. The molecule has 88 valence electrons. The summed E-state index contributed by atoms with van der Waals surface area (Å²) >= 11 is 16.7. The van der Waals surface area contributed by atoms with Crippen molar-refractivity contribution in [3.8, 4) is 0 Å². The predicted molar refractivity (Wildman–Crippen MR) is 76.9 cm³/mol. The van der Waals surface area contributed by atoms with Crippen molar-refractivity contribution < 1.29 is 0 Å². The van der Waals surface area contributed by atoms with Crippen molar-refractivity contribution in [1.29, 1.82) is 0 Å². The monoisotopic (exact) mass is 348 g/mol. The zero-order valence-corrected chi connectivity index (χ0v) is 12.4. The zero-order valence-electron chi connectivity index (χ0n) is 8.45. The SMILES string of the molecule is Nc1cncc(Br)c1Sc1ccc(Cl)c(Cl)c1. The van der Waals surface area contributed by atoms with Gasteiger partial charge in [0.05, 0.1) is 31.3 Å². The molecule has 2 rings (SSSR count). The van der Waals surface area contributed by atoms with Crippen LogP contribution in [0.25, 0.3) is 0 Å². The lowest BCUT2D eigenvalue weighted by atomic mass is 10.4. The van der Waals surface area contributed by atoms with Crippen LogP contribution in [0.15, 0.2) is 44.9 Å². The number of nitrogens with two attached hydrogens (primary N) is 1. The van der Waals surface area contributed by atoms with E-state index < -0.39 is 0 Å². The number of hydrogen-bond acceptors (Lipinski definition) is 3. The Labute approximate surface area is 122 Å². The minimum Gasteiger partial charge on any atom is -0.397 e. The third-order valence-electron chi connectivity index (χ3n) is 1.99. The summed E-state index contributed by atoms with van der Waals surface area (Å²) in [5.74, 6) is 0. The van der Waals surface area contributed by atoms with Gasteiger partial charge in [-0.05, 0) is 34.1 Å². The number of nitrogens with zero attached hydrogens (tertiary/aromatic N) is 1. The third kappa shape index (κ3) is 3.07. The number of aromatic nitrogens is 1. The summed E-state index contributed by atoms with van der Waals surface area (Å²) in [5.41, 5.74) is 6.49. The van der Waals surface area contributed by atoms with Gasteiger partial charge in [0.15, 0.2) is 0 Å². The van der Waals surface area contributed by atoms with Gasteiger partial charge in [0.1, 0.15) is 0 Å². The normalized spacial score (nSPS) is 10.5. The van der Waals surface area contributed by atoms with E-state index in [1.54, 1.807) is 24.5 Å². The molecule has 6 heteroatoms. The number of halogens is 3. The second kappa shape index (κ2) is 5.48. The van der Waals surface area contributed by atoms with E-state index in [4.69, 9.17) is 28.9 Å². The van der Waals surface area contributed by atoms with Gasteiger partial charge < -0.3 is 5.73 Å².